The van der Waals surface area contributed by atoms with Crippen LogP contribution in [0.2, 0.25) is 0 Å². The summed E-state index contributed by atoms with van der Waals surface area (Å²) in [7, 11) is 0. The van der Waals surface area contributed by atoms with E-state index in [2.05, 4.69) is 19.9 Å². The number of aromatic hydroxyl groups is 4. The summed E-state index contributed by atoms with van der Waals surface area (Å²) in [6.45, 7) is 6.12. The van der Waals surface area contributed by atoms with Crippen LogP contribution in [0.3, 0.4) is 0 Å². The van der Waals surface area contributed by atoms with Gasteiger partial charge in [0.1, 0.15) is 28.9 Å². The van der Waals surface area contributed by atoms with Gasteiger partial charge in [-0.3, -0.25) is 4.79 Å². The van der Waals surface area contributed by atoms with E-state index >= 15 is 0 Å². The average molecular weight is 424 g/mol. The summed E-state index contributed by atoms with van der Waals surface area (Å²) in [5, 5.41) is 40.3. The second kappa shape index (κ2) is 9.16. The molecule has 0 unspecified atom stereocenters. The minimum Gasteiger partial charge on any atom is -0.508 e. The van der Waals surface area contributed by atoms with Crippen LogP contribution in [0.4, 0.5) is 0 Å². The lowest BCUT2D eigenvalue weighted by molar-refractivity contribution is 0.0843. The maximum atomic E-state index is 12.7. The van der Waals surface area contributed by atoms with Crippen molar-refractivity contribution in [3.05, 3.63) is 64.3 Å². The molecule has 6 nitrogen and oxygen atoms in total. The molecule has 0 saturated heterocycles. The SMILES string of the molecule is CC(C)=CCC/C(C)=C/Cc1c([C@@H]2CC(=O)c3c(O)cc(O)cc3O2)ccc(O)c1O. The molecule has 0 bridgehead atoms. The first-order valence-corrected chi connectivity index (χ1v) is 10.3. The van der Waals surface area contributed by atoms with Crippen molar-refractivity contribution in [2.45, 2.75) is 52.6 Å². The van der Waals surface area contributed by atoms with Crippen molar-refractivity contribution in [1.29, 1.82) is 0 Å². The van der Waals surface area contributed by atoms with Gasteiger partial charge in [0.25, 0.3) is 0 Å². The minimum atomic E-state index is -0.720. The Labute approximate surface area is 181 Å². The standard InChI is InChI=1S/C25H28O6/c1-14(2)5-4-6-15(3)7-8-18-17(9-10-19(27)25(18)30)22-13-21(29)24-20(28)11-16(26)12-23(24)31-22/h5,7,9-12,22,26-28,30H,4,6,8,13H2,1-3H3/b15-7+/t22-/m0/s1. The van der Waals surface area contributed by atoms with Gasteiger partial charge in [-0.15, -0.1) is 0 Å². The van der Waals surface area contributed by atoms with E-state index in [-0.39, 0.29) is 46.5 Å². The highest BCUT2D eigenvalue weighted by Gasteiger charge is 2.32. The van der Waals surface area contributed by atoms with Crippen LogP contribution in [-0.4, -0.2) is 26.2 Å². The second-order valence-electron chi connectivity index (χ2n) is 8.15. The van der Waals surface area contributed by atoms with E-state index in [0.717, 1.165) is 24.5 Å². The van der Waals surface area contributed by atoms with E-state index < -0.39 is 6.10 Å². The molecule has 0 saturated carbocycles. The lowest BCUT2D eigenvalue weighted by Gasteiger charge is -2.28. The van der Waals surface area contributed by atoms with Crippen molar-refractivity contribution in [2.24, 2.45) is 0 Å². The third kappa shape index (κ3) is 5.02. The van der Waals surface area contributed by atoms with Gasteiger partial charge in [-0.25, -0.2) is 0 Å². The molecule has 0 amide bonds. The lowest BCUT2D eigenvalue weighted by Crippen LogP contribution is -2.21. The van der Waals surface area contributed by atoms with Gasteiger partial charge in [-0.2, -0.15) is 0 Å². The second-order valence-corrected chi connectivity index (χ2v) is 8.15. The molecule has 3 rings (SSSR count). The number of hydrogen-bond acceptors (Lipinski definition) is 6. The molecule has 2 aromatic carbocycles. The number of carbonyl (C=O) groups excluding carboxylic acids is 1. The van der Waals surface area contributed by atoms with Gasteiger partial charge in [0.05, 0.1) is 6.42 Å². The Morgan fingerprint density at radius 3 is 2.52 bits per heavy atom. The molecule has 1 heterocycles. The number of allylic oxidation sites excluding steroid dienone is 4. The molecule has 0 aromatic heterocycles. The number of carbonyl (C=O) groups is 1. The summed E-state index contributed by atoms with van der Waals surface area (Å²) >= 11 is 0. The van der Waals surface area contributed by atoms with E-state index in [4.69, 9.17) is 4.74 Å². The third-order valence-corrected chi connectivity index (χ3v) is 5.38. The van der Waals surface area contributed by atoms with Crippen molar-refractivity contribution in [1.82, 2.24) is 0 Å². The summed E-state index contributed by atoms with van der Waals surface area (Å²) in [5.41, 5.74) is 3.50. The van der Waals surface area contributed by atoms with Crippen LogP contribution < -0.4 is 4.74 Å². The van der Waals surface area contributed by atoms with E-state index in [0.29, 0.717) is 17.5 Å². The molecule has 1 aliphatic heterocycles. The Bertz CT molecular complexity index is 1060. The van der Waals surface area contributed by atoms with Gasteiger partial charge in [-0.05, 0) is 46.1 Å². The van der Waals surface area contributed by atoms with Gasteiger partial charge in [0, 0.05) is 23.3 Å². The molecule has 1 aliphatic rings. The zero-order chi connectivity index (χ0) is 22.7. The highest BCUT2D eigenvalue weighted by atomic mass is 16.5. The van der Waals surface area contributed by atoms with Gasteiger partial charge >= 0.3 is 0 Å². The summed E-state index contributed by atoms with van der Waals surface area (Å²) in [6, 6.07) is 5.37. The zero-order valence-electron chi connectivity index (χ0n) is 18.0. The highest BCUT2D eigenvalue weighted by Crippen LogP contribution is 2.44. The van der Waals surface area contributed by atoms with Crippen molar-refractivity contribution in [3.63, 3.8) is 0 Å². The Hall–Kier alpha value is -3.41. The van der Waals surface area contributed by atoms with Crippen LogP contribution in [0, 0.1) is 0 Å². The van der Waals surface area contributed by atoms with Gasteiger partial charge in [0.15, 0.2) is 17.3 Å². The van der Waals surface area contributed by atoms with Gasteiger partial charge in [0.2, 0.25) is 0 Å². The summed E-state index contributed by atoms with van der Waals surface area (Å²) in [4.78, 5) is 12.7. The Balaban J connectivity index is 1.91. The fourth-order valence-electron chi connectivity index (χ4n) is 3.72. The normalized spacial score (nSPS) is 15.9. The number of phenols is 4. The predicted molar refractivity (Wildman–Crippen MR) is 118 cm³/mol. The van der Waals surface area contributed by atoms with Crippen molar-refractivity contribution in [3.8, 4) is 28.7 Å². The largest absolute Gasteiger partial charge is 0.508 e. The van der Waals surface area contributed by atoms with Crippen LogP contribution in [0.25, 0.3) is 0 Å². The smallest absolute Gasteiger partial charge is 0.174 e. The zero-order valence-corrected chi connectivity index (χ0v) is 18.0. The van der Waals surface area contributed by atoms with Crippen molar-refractivity contribution in [2.75, 3.05) is 0 Å². The molecule has 164 valence electrons. The quantitative estimate of drug-likeness (QED) is 0.363. The third-order valence-electron chi connectivity index (χ3n) is 5.38. The Morgan fingerprint density at radius 1 is 1.06 bits per heavy atom. The summed E-state index contributed by atoms with van der Waals surface area (Å²) in [5.74, 6) is -1.27. The van der Waals surface area contributed by atoms with Gasteiger partial charge in [-0.1, -0.05) is 29.4 Å². The first-order chi connectivity index (χ1) is 14.7. The number of phenolic OH excluding ortho intramolecular Hbond substituents is 4. The van der Waals surface area contributed by atoms with Crippen molar-refractivity contribution >= 4 is 5.78 Å². The van der Waals surface area contributed by atoms with Crippen LogP contribution in [-0.2, 0) is 6.42 Å². The number of Topliss-reactive ketones (excluding diaryl/α,β-unsaturated/α-hetero) is 1. The monoisotopic (exact) mass is 424 g/mol. The van der Waals surface area contributed by atoms with Gasteiger partial charge < -0.3 is 25.2 Å². The number of benzene rings is 2. The Kier molecular flexibility index (Phi) is 6.59. The number of fused-ring (bicyclic) bond motifs is 1. The average Bonchev–Trinajstić information content (AvgIpc) is 2.67. The first-order valence-electron chi connectivity index (χ1n) is 10.3. The molecule has 6 heteroatoms. The maximum Gasteiger partial charge on any atom is 0.174 e. The number of rotatable bonds is 6. The molecule has 31 heavy (non-hydrogen) atoms. The lowest BCUT2D eigenvalue weighted by atomic mass is 9.90. The number of ketones is 1. The van der Waals surface area contributed by atoms with Crippen LogP contribution >= 0.6 is 0 Å². The molecule has 0 aliphatic carbocycles. The fraction of sp³-hybridized carbons (Fsp3) is 0.320. The topological polar surface area (TPSA) is 107 Å². The number of ether oxygens (including phenoxy) is 1. The van der Waals surface area contributed by atoms with Crippen LogP contribution in [0.5, 0.6) is 28.7 Å². The number of hydrogen-bond donors (Lipinski definition) is 4. The summed E-state index contributed by atoms with van der Waals surface area (Å²) in [6.07, 6.45) is 5.57. The van der Waals surface area contributed by atoms with E-state index in [1.807, 2.05) is 13.0 Å². The molecule has 2 aromatic rings. The summed E-state index contributed by atoms with van der Waals surface area (Å²) < 4.78 is 5.92. The van der Waals surface area contributed by atoms with Crippen LogP contribution in [0.1, 0.15) is 67.6 Å². The molecule has 0 radical (unpaired) electrons. The first kappa shape index (κ1) is 22.3. The Morgan fingerprint density at radius 2 is 1.81 bits per heavy atom. The van der Waals surface area contributed by atoms with E-state index in [1.54, 1.807) is 6.07 Å². The van der Waals surface area contributed by atoms with E-state index in [9.17, 15) is 25.2 Å². The predicted octanol–water partition coefficient (Wildman–Crippen LogP) is 5.45. The molecular weight excluding hydrogens is 396 g/mol. The molecular formula is C25H28O6. The van der Waals surface area contributed by atoms with Crippen molar-refractivity contribution < 1.29 is 30.0 Å². The van der Waals surface area contributed by atoms with Crippen LogP contribution in [0.15, 0.2) is 47.6 Å². The molecule has 1 atom stereocenters. The minimum absolute atomic E-state index is 0.0358. The molecule has 0 fully saturated rings. The fourth-order valence-corrected chi connectivity index (χ4v) is 3.72. The molecule has 4 N–H and O–H groups in total. The maximum absolute atomic E-state index is 12.7. The molecule has 0 spiro atoms. The van der Waals surface area contributed by atoms with E-state index in [1.165, 1.54) is 17.7 Å². The highest BCUT2D eigenvalue weighted by molar-refractivity contribution is 6.02.